The second kappa shape index (κ2) is 12.6. The van der Waals surface area contributed by atoms with Crippen molar-refractivity contribution >= 4 is 11.9 Å². The second-order valence-electron chi connectivity index (χ2n) is 7.80. The number of amides is 1. The van der Waals surface area contributed by atoms with E-state index in [1.807, 2.05) is 30.3 Å². The molecule has 0 spiro atoms. The van der Waals surface area contributed by atoms with Gasteiger partial charge in [0.15, 0.2) is 12.6 Å². The molecular weight excluding hydrogens is 388 g/mol. The Balaban J connectivity index is 1.34. The third-order valence-electron chi connectivity index (χ3n) is 5.02. The molecule has 2 aromatic rings. The molecular formula is C25H34N4O2. The molecule has 0 aliphatic heterocycles. The number of hydrogen-bond donors (Lipinski definition) is 3. The third-order valence-corrected chi connectivity index (χ3v) is 5.02. The lowest BCUT2D eigenvalue weighted by molar-refractivity contribution is -0.123. The maximum absolute atomic E-state index is 11.7. The van der Waals surface area contributed by atoms with Gasteiger partial charge in [-0.25, -0.2) is 0 Å². The SMILES string of the molecule is CCNC(=NCCCc1ccccc1)NCCc1ccc(OCC(=O)NC2CC2)cc1. The maximum atomic E-state index is 11.7. The van der Waals surface area contributed by atoms with E-state index in [-0.39, 0.29) is 12.5 Å². The molecule has 2 aromatic carbocycles. The Hall–Kier alpha value is -3.02. The number of rotatable bonds is 12. The van der Waals surface area contributed by atoms with Gasteiger partial charge in [-0.1, -0.05) is 42.5 Å². The van der Waals surface area contributed by atoms with Gasteiger partial charge in [0.1, 0.15) is 5.75 Å². The summed E-state index contributed by atoms with van der Waals surface area (Å²) in [7, 11) is 0. The van der Waals surface area contributed by atoms with Crippen LogP contribution in [0.1, 0.15) is 37.3 Å². The summed E-state index contributed by atoms with van der Waals surface area (Å²) in [5, 5.41) is 9.63. The highest BCUT2D eigenvalue weighted by molar-refractivity contribution is 5.79. The van der Waals surface area contributed by atoms with Crippen LogP contribution in [0.25, 0.3) is 0 Å². The molecule has 6 heteroatoms. The number of nitrogens with zero attached hydrogens (tertiary/aromatic N) is 1. The quantitative estimate of drug-likeness (QED) is 0.279. The Morgan fingerprint density at radius 1 is 1.00 bits per heavy atom. The number of ether oxygens (including phenoxy) is 1. The van der Waals surface area contributed by atoms with E-state index >= 15 is 0 Å². The van der Waals surface area contributed by atoms with Gasteiger partial charge in [-0.2, -0.15) is 0 Å². The Labute approximate surface area is 185 Å². The van der Waals surface area contributed by atoms with Gasteiger partial charge in [0.25, 0.3) is 5.91 Å². The van der Waals surface area contributed by atoms with Crippen LogP contribution in [0.4, 0.5) is 0 Å². The van der Waals surface area contributed by atoms with E-state index in [9.17, 15) is 4.79 Å². The van der Waals surface area contributed by atoms with Crippen LogP contribution in [0.2, 0.25) is 0 Å². The molecule has 0 heterocycles. The molecule has 1 aliphatic rings. The summed E-state index contributed by atoms with van der Waals surface area (Å²) >= 11 is 0. The van der Waals surface area contributed by atoms with Crippen molar-refractivity contribution in [2.75, 3.05) is 26.2 Å². The lowest BCUT2D eigenvalue weighted by Crippen LogP contribution is -2.38. The van der Waals surface area contributed by atoms with Crippen LogP contribution in [0.3, 0.4) is 0 Å². The number of aryl methyl sites for hydroxylation is 1. The molecule has 1 aliphatic carbocycles. The fourth-order valence-electron chi connectivity index (χ4n) is 3.18. The van der Waals surface area contributed by atoms with Crippen LogP contribution in [-0.4, -0.2) is 44.1 Å². The highest BCUT2D eigenvalue weighted by Crippen LogP contribution is 2.18. The first-order valence-corrected chi connectivity index (χ1v) is 11.3. The molecule has 31 heavy (non-hydrogen) atoms. The standard InChI is InChI=1S/C25H34N4O2/c1-2-26-25(27-17-6-9-20-7-4-3-5-8-20)28-18-16-21-10-14-23(15-11-21)31-19-24(30)29-22-12-13-22/h3-5,7-8,10-11,14-15,22H,2,6,9,12-13,16-19H2,1H3,(H,29,30)(H2,26,27,28). The molecule has 0 aromatic heterocycles. The molecule has 0 atom stereocenters. The maximum Gasteiger partial charge on any atom is 0.258 e. The molecule has 0 unspecified atom stereocenters. The highest BCUT2D eigenvalue weighted by Gasteiger charge is 2.23. The lowest BCUT2D eigenvalue weighted by Gasteiger charge is -2.12. The Morgan fingerprint density at radius 2 is 1.74 bits per heavy atom. The van der Waals surface area contributed by atoms with Gasteiger partial charge < -0.3 is 20.7 Å². The van der Waals surface area contributed by atoms with Crippen molar-refractivity contribution in [1.29, 1.82) is 0 Å². The fourth-order valence-corrected chi connectivity index (χ4v) is 3.18. The van der Waals surface area contributed by atoms with Gasteiger partial charge >= 0.3 is 0 Å². The summed E-state index contributed by atoms with van der Waals surface area (Å²) < 4.78 is 5.56. The summed E-state index contributed by atoms with van der Waals surface area (Å²) in [4.78, 5) is 16.4. The molecule has 0 saturated heterocycles. The Kier molecular flexibility index (Phi) is 9.23. The number of carbonyl (C=O) groups excluding carboxylic acids is 1. The smallest absolute Gasteiger partial charge is 0.258 e. The molecule has 0 radical (unpaired) electrons. The van der Waals surface area contributed by atoms with Crippen LogP contribution in [0, 0.1) is 0 Å². The van der Waals surface area contributed by atoms with Crippen LogP contribution in [0.15, 0.2) is 59.6 Å². The second-order valence-corrected chi connectivity index (χ2v) is 7.80. The molecule has 0 bridgehead atoms. The van der Waals surface area contributed by atoms with Crippen molar-refractivity contribution in [3.05, 3.63) is 65.7 Å². The average molecular weight is 423 g/mol. The number of hydrogen-bond acceptors (Lipinski definition) is 3. The van der Waals surface area contributed by atoms with E-state index in [4.69, 9.17) is 4.74 Å². The fraction of sp³-hybridized carbons (Fsp3) is 0.440. The molecule has 3 rings (SSSR count). The predicted molar refractivity (Wildman–Crippen MR) is 126 cm³/mol. The number of guanidine groups is 1. The first-order chi connectivity index (χ1) is 15.2. The van der Waals surface area contributed by atoms with E-state index in [2.05, 4.69) is 52.1 Å². The van der Waals surface area contributed by atoms with Gasteiger partial charge in [0, 0.05) is 25.7 Å². The molecule has 6 nitrogen and oxygen atoms in total. The van der Waals surface area contributed by atoms with Gasteiger partial charge in [-0.3, -0.25) is 9.79 Å². The number of aliphatic imine (C=N–C) groups is 1. The van der Waals surface area contributed by atoms with Gasteiger partial charge in [-0.05, 0) is 62.3 Å². The normalized spacial score (nSPS) is 13.5. The Bertz CT molecular complexity index is 817. The van der Waals surface area contributed by atoms with Crippen LogP contribution in [-0.2, 0) is 17.6 Å². The zero-order valence-electron chi connectivity index (χ0n) is 18.4. The zero-order valence-corrected chi connectivity index (χ0v) is 18.4. The summed E-state index contributed by atoms with van der Waals surface area (Å²) in [5.74, 6) is 1.53. The largest absolute Gasteiger partial charge is 0.484 e. The number of carbonyl (C=O) groups is 1. The number of benzene rings is 2. The van der Waals surface area contributed by atoms with Gasteiger partial charge in [0.05, 0.1) is 0 Å². The number of nitrogens with one attached hydrogen (secondary N) is 3. The third kappa shape index (κ3) is 9.11. The zero-order chi connectivity index (χ0) is 21.7. The van der Waals surface area contributed by atoms with E-state index in [1.54, 1.807) is 0 Å². The molecule has 166 valence electrons. The van der Waals surface area contributed by atoms with Crippen LogP contribution < -0.4 is 20.7 Å². The van der Waals surface area contributed by atoms with E-state index in [1.165, 1.54) is 11.1 Å². The summed E-state index contributed by atoms with van der Waals surface area (Å²) in [6.45, 7) is 4.58. The first kappa shape index (κ1) is 22.7. The van der Waals surface area contributed by atoms with Crippen LogP contribution in [0.5, 0.6) is 5.75 Å². The monoisotopic (exact) mass is 422 g/mol. The summed E-state index contributed by atoms with van der Waals surface area (Å²) in [6.07, 6.45) is 5.13. The van der Waals surface area contributed by atoms with E-state index in [0.717, 1.165) is 63.4 Å². The van der Waals surface area contributed by atoms with Crippen molar-refractivity contribution in [2.45, 2.75) is 45.1 Å². The average Bonchev–Trinajstić information content (AvgIpc) is 3.61. The molecule has 1 fully saturated rings. The minimum Gasteiger partial charge on any atom is -0.484 e. The highest BCUT2D eigenvalue weighted by atomic mass is 16.5. The van der Waals surface area contributed by atoms with Crippen molar-refractivity contribution in [3.8, 4) is 5.75 Å². The molecule has 1 amide bonds. The van der Waals surface area contributed by atoms with Crippen molar-refractivity contribution in [3.63, 3.8) is 0 Å². The minimum absolute atomic E-state index is 0.0465. The molecule has 1 saturated carbocycles. The molecule has 3 N–H and O–H groups in total. The lowest BCUT2D eigenvalue weighted by atomic mass is 10.1. The van der Waals surface area contributed by atoms with Gasteiger partial charge in [0.2, 0.25) is 0 Å². The minimum atomic E-state index is -0.0465. The topological polar surface area (TPSA) is 74.8 Å². The van der Waals surface area contributed by atoms with Crippen molar-refractivity contribution in [1.82, 2.24) is 16.0 Å². The summed E-state index contributed by atoms with van der Waals surface area (Å²) in [6, 6.07) is 18.8. The summed E-state index contributed by atoms with van der Waals surface area (Å²) in [5.41, 5.74) is 2.56. The first-order valence-electron chi connectivity index (χ1n) is 11.3. The van der Waals surface area contributed by atoms with Gasteiger partial charge in [-0.15, -0.1) is 0 Å². The van der Waals surface area contributed by atoms with Crippen molar-refractivity contribution in [2.24, 2.45) is 4.99 Å². The Morgan fingerprint density at radius 3 is 2.45 bits per heavy atom. The van der Waals surface area contributed by atoms with Crippen LogP contribution >= 0.6 is 0 Å². The van der Waals surface area contributed by atoms with E-state index < -0.39 is 0 Å². The van der Waals surface area contributed by atoms with Crippen molar-refractivity contribution < 1.29 is 9.53 Å². The van der Waals surface area contributed by atoms with E-state index in [0.29, 0.717) is 6.04 Å². The predicted octanol–water partition coefficient (Wildman–Crippen LogP) is 3.07.